The maximum Gasteiger partial charge on any atom is 0.573 e. The number of thioether (sulfide) groups is 1. The van der Waals surface area contributed by atoms with E-state index in [1.54, 1.807) is 0 Å². The summed E-state index contributed by atoms with van der Waals surface area (Å²) in [5, 5.41) is 3.24. The Labute approximate surface area is 88.1 Å². The Balaban J connectivity index is 2.64. The van der Waals surface area contributed by atoms with E-state index in [9.17, 15) is 13.2 Å². The lowest BCUT2D eigenvalue weighted by molar-refractivity contribution is -0.274. The highest BCUT2D eigenvalue weighted by Gasteiger charge is 2.30. The van der Waals surface area contributed by atoms with Gasteiger partial charge in [0.1, 0.15) is 5.75 Å². The number of alkyl halides is 3. The van der Waals surface area contributed by atoms with Crippen LogP contribution < -0.4 is 10.6 Å². The molecule has 0 radical (unpaired) electrons. The molecule has 0 saturated carbocycles. The van der Waals surface area contributed by atoms with Crippen LogP contribution in [0.25, 0.3) is 0 Å². The number of rotatable bonds is 3. The van der Waals surface area contributed by atoms with Crippen LogP contribution in [0.2, 0.25) is 0 Å². The number of hydrogen-bond donors (Lipinski definition) is 1. The Morgan fingerprint density at radius 3 is 2.33 bits per heavy atom. The van der Waals surface area contributed by atoms with E-state index in [-0.39, 0.29) is 5.75 Å². The predicted octanol–water partition coefficient (Wildman–Crippen LogP) is 2.58. The third-order valence-corrected chi connectivity index (χ3v) is 2.08. The van der Waals surface area contributed by atoms with Crippen molar-refractivity contribution in [2.24, 2.45) is 10.9 Å². The fourth-order valence-electron chi connectivity index (χ4n) is 0.811. The van der Waals surface area contributed by atoms with Crippen LogP contribution in [0.4, 0.5) is 13.2 Å². The molecule has 15 heavy (non-hydrogen) atoms. The van der Waals surface area contributed by atoms with Crippen LogP contribution in [0.15, 0.2) is 34.3 Å². The average molecular weight is 236 g/mol. The first-order valence-electron chi connectivity index (χ1n) is 3.75. The smallest absolute Gasteiger partial charge is 0.406 e. The second-order valence-electron chi connectivity index (χ2n) is 2.39. The number of hydrogen-bond acceptors (Lipinski definition) is 4. The molecule has 3 nitrogen and oxygen atoms in total. The van der Waals surface area contributed by atoms with Crippen molar-refractivity contribution >= 4 is 17.3 Å². The molecule has 0 bridgehead atoms. The molecule has 1 aromatic rings. The molecule has 1 rings (SSSR count). The summed E-state index contributed by atoms with van der Waals surface area (Å²) in [4.78, 5) is 0.721. The molecule has 0 aromatic heterocycles. The highest BCUT2D eigenvalue weighted by molar-refractivity contribution is 8.12. The molecule has 1 aromatic carbocycles. The second kappa shape index (κ2) is 4.92. The molecular weight excluding hydrogens is 229 g/mol. The van der Waals surface area contributed by atoms with E-state index in [1.807, 2.05) is 0 Å². The average Bonchev–Trinajstić information content (AvgIpc) is 2.14. The molecule has 0 heterocycles. The minimum atomic E-state index is -4.66. The zero-order chi connectivity index (χ0) is 11.3. The van der Waals surface area contributed by atoms with Gasteiger partial charge in [-0.15, -0.1) is 13.2 Å². The van der Waals surface area contributed by atoms with Crippen molar-refractivity contribution in [2.75, 3.05) is 0 Å². The monoisotopic (exact) mass is 236 g/mol. The molecule has 0 spiro atoms. The van der Waals surface area contributed by atoms with E-state index in [2.05, 4.69) is 9.84 Å². The van der Waals surface area contributed by atoms with Gasteiger partial charge in [-0.25, -0.2) is 0 Å². The fourth-order valence-corrected chi connectivity index (χ4v) is 1.29. The molecule has 0 atom stereocenters. The third kappa shape index (κ3) is 4.59. The van der Waals surface area contributed by atoms with E-state index in [0.29, 0.717) is 0 Å². The van der Waals surface area contributed by atoms with Crippen molar-refractivity contribution in [3.8, 4) is 5.75 Å². The second-order valence-corrected chi connectivity index (χ2v) is 3.31. The molecule has 0 saturated heterocycles. The van der Waals surface area contributed by atoms with Gasteiger partial charge in [0.05, 0.1) is 5.55 Å². The first-order valence-corrected chi connectivity index (χ1v) is 4.63. The molecule has 0 unspecified atom stereocenters. The summed E-state index contributed by atoms with van der Waals surface area (Å²) in [6.07, 6.45) is -4.66. The zero-order valence-corrected chi connectivity index (χ0v) is 8.18. The normalized spacial score (nSPS) is 11.9. The number of ether oxygens (including phenoxy) is 1. The molecule has 2 N–H and O–H groups in total. The van der Waals surface area contributed by atoms with E-state index >= 15 is 0 Å². The standard InChI is InChI=1S/C8H7F3N2OS/c9-8(10,11)14-6-1-3-7(4-2-6)15-5-13-12/h1-5H,12H2/b13-5+. The van der Waals surface area contributed by atoms with Gasteiger partial charge in [-0.05, 0) is 24.3 Å². The maximum absolute atomic E-state index is 11.8. The van der Waals surface area contributed by atoms with Gasteiger partial charge < -0.3 is 10.6 Å². The van der Waals surface area contributed by atoms with Crippen molar-refractivity contribution in [3.05, 3.63) is 24.3 Å². The van der Waals surface area contributed by atoms with E-state index in [0.717, 1.165) is 4.90 Å². The van der Waals surface area contributed by atoms with Gasteiger partial charge in [0.15, 0.2) is 0 Å². The van der Waals surface area contributed by atoms with E-state index < -0.39 is 6.36 Å². The SMILES string of the molecule is N/N=C/Sc1ccc(OC(F)(F)F)cc1. The van der Waals surface area contributed by atoms with Crippen molar-refractivity contribution < 1.29 is 17.9 Å². The third-order valence-electron chi connectivity index (χ3n) is 1.31. The largest absolute Gasteiger partial charge is 0.573 e. The topological polar surface area (TPSA) is 47.6 Å². The summed E-state index contributed by atoms with van der Waals surface area (Å²) in [5.74, 6) is 4.61. The molecule has 7 heteroatoms. The van der Waals surface area contributed by atoms with Crippen LogP contribution >= 0.6 is 11.8 Å². The van der Waals surface area contributed by atoms with Crippen LogP contribution in [0.3, 0.4) is 0 Å². The lowest BCUT2D eigenvalue weighted by Crippen LogP contribution is -2.16. The molecule has 82 valence electrons. The molecule has 0 aliphatic carbocycles. The quantitative estimate of drug-likeness (QED) is 0.288. The zero-order valence-electron chi connectivity index (χ0n) is 7.36. The maximum atomic E-state index is 11.8. The first kappa shape index (κ1) is 11.7. The lowest BCUT2D eigenvalue weighted by Gasteiger charge is -2.08. The van der Waals surface area contributed by atoms with Gasteiger partial charge >= 0.3 is 6.36 Å². The van der Waals surface area contributed by atoms with Gasteiger partial charge in [-0.1, -0.05) is 11.8 Å². The highest BCUT2D eigenvalue weighted by atomic mass is 32.2. The Hall–Kier alpha value is -1.37. The van der Waals surface area contributed by atoms with Crippen LogP contribution in [-0.2, 0) is 0 Å². The Bertz CT molecular complexity index is 337. The first-order chi connectivity index (χ1) is 7.01. The van der Waals surface area contributed by atoms with Crippen molar-refractivity contribution in [2.45, 2.75) is 11.3 Å². The minimum Gasteiger partial charge on any atom is -0.406 e. The summed E-state index contributed by atoms with van der Waals surface area (Å²) in [6.45, 7) is 0. The van der Waals surface area contributed by atoms with Crippen LogP contribution in [0.5, 0.6) is 5.75 Å². The summed E-state index contributed by atoms with van der Waals surface area (Å²) in [6, 6.07) is 5.40. The highest BCUT2D eigenvalue weighted by Crippen LogP contribution is 2.25. The lowest BCUT2D eigenvalue weighted by atomic mass is 10.3. The van der Waals surface area contributed by atoms with Crippen LogP contribution in [-0.4, -0.2) is 11.9 Å². The molecule has 0 amide bonds. The number of nitrogens with two attached hydrogens (primary N) is 1. The number of halogens is 3. The van der Waals surface area contributed by atoms with Crippen molar-refractivity contribution in [1.82, 2.24) is 0 Å². The van der Waals surface area contributed by atoms with Crippen LogP contribution in [0, 0.1) is 0 Å². The van der Waals surface area contributed by atoms with E-state index in [4.69, 9.17) is 5.84 Å². The summed E-state index contributed by atoms with van der Waals surface area (Å²) in [5.41, 5.74) is 1.37. The van der Waals surface area contributed by atoms with E-state index in [1.165, 1.54) is 41.6 Å². The fraction of sp³-hybridized carbons (Fsp3) is 0.125. The molecular formula is C8H7F3N2OS. The molecule has 0 fully saturated rings. The van der Waals surface area contributed by atoms with Gasteiger partial charge in [0.2, 0.25) is 0 Å². The van der Waals surface area contributed by atoms with Gasteiger partial charge in [-0.2, -0.15) is 5.10 Å². The van der Waals surface area contributed by atoms with Gasteiger partial charge in [-0.3, -0.25) is 0 Å². The molecule has 0 aliphatic rings. The molecule has 0 aliphatic heterocycles. The predicted molar refractivity (Wildman–Crippen MR) is 51.7 cm³/mol. The van der Waals surface area contributed by atoms with Crippen molar-refractivity contribution in [3.63, 3.8) is 0 Å². The summed E-state index contributed by atoms with van der Waals surface area (Å²) >= 11 is 1.19. The Morgan fingerprint density at radius 2 is 1.87 bits per heavy atom. The van der Waals surface area contributed by atoms with Crippen molar-refractivity contribution in [1.29, 1.82) is 0 Å². The Morgan fingerprint density at radius 1 is 1.27 bits per heavy atom. The number of benzene rings is 1. The minimum absolute atomic E-state index is 0.253. The Kier molecular flexibility index (Phi) is 3.84. The number of nitrogens with zero attached hydrogens (tertiary/aromatic N) is 1. The summed E-state index contributed by atoms with van der Waals surface area (Å²) < 4.78 is 39.0. The summed E-state index contributed by atoms with van der Waals surface area (Å²) in [7, 11) is 0. The van der Waals surface area contributed by atoms with Gasteiger partial charge in [0.25, 0.3) is 0 Å². The van der Waals surface area contributed by atoms with Gasteiger partial charge in [0, 0.05) is 4.90 Å². The van der Waals surface area contributed by atoms with Crippen LogP contribution in [0.1, 0.15) is 0 Å². The number of hydrazone groups is 1.